The van der Waals surface area contributed by atoms with E-state index >= 15 is 0 Å². The van der Waals surface area contributed by atoms with Crippen LogP contribution in [0.2, 0.25) is 0 Å². The van der Waals surface area contributed by atoms with Crippen LogP contribution >= 0.6 is 7.26 Å². The molecule has 0 amide bonds. The van der Waals surface area contributed by atoms with Crippen LogP contribution in [0.1, 0.15) is 11.1 Å². The summed E-state index contributed by atoms with van der Waals surface area (Å²) in [6.45, 7) is 0. The molecular formula is C26H22F3P. The Kier molecular flexibility index (Phi) is 5.74. The normalized spacial score (nSPS) is 12.5. The maximum atomic E-state index is 13.8. The second-order valence-electron chi connectivity index (χ2n) is 7.34. The Balaban J connectivity index is 2.02. The van der Waals surface area contributed by atoms with Crippen LogP contribution in [-0.2, 0) is 12.3 Å². The topological polar surface area (TPSA) is 0 Å². The third-order valence-corrected chi connectivity index (χ3v) is 10.4. The Labute approximate surface area is 175 Å². The predicted octanol–water partition coefficient (Wildman–Crippen LogP) is 5.93. The summed E-state index contributed by atoms with van der Waals surface area (Å²) in [7, 11) is -2.77. The summed E-state index contributed by atoms with van der Waals surface area (Å²) in [5.74, 6) is 0. The Hall–Kier alpha value is -2.90. The number of benzene rings is 4. The molecule has 4 aromatic rings. The molecule has 0 N–H and O–H groups in total. The summed E-state index contributed by atoms with van der Waals surface area (Å²) >= 11 is 0. The van der Waals surface area contributed by atoms with Crippen molar-refractivity contribution in [3.63, 3.8) is 0 Å². The summed E-state index contributed by atoms with van der Waals surface area (Å²) < 4.78 is 41.5. The van der Waals surface area contributed by atoms with Crippen LogP contribution in [0, 0.1) is 0 Å². The van der Waals surface area contributed by atoms with Gasteiger partial charge in [0.05, 0.1) is 0 Å². The van der Waals surface area contributed by atoms with Gasteiger partial charge in [-0.25, -0.2) is 0 Å². The fourth-order valence-corrected chi connectivity index (χ4v) is 8.99. The third kappa shape index (κ3) is 3.91. The minimum absolute atomic E-state index is 0.334. The van der Waals surface area contributed by atoms with Crippen molar-refractivity contribution in [2.75, 3.05) is 0 Å². The van der Waals surface area contributed by atoms with Crippen LogP contribution < -0.4 is 15.9 Å². The molecule has 0 aliphatic heterocycles. The molecule has 0 unspecified atom stereocenters. The molecule has 0 atom stereocenters. The van der Waals surface area contributed by atoms with Crippen molar-refractivity contribution in [1.29, 1.82) is 0 Å². The van der Waals surface area contributed by atoms with Gasteiger partial charge >= 0.3 is 175 Å². The average molecular weight is 422 g/mol. The molecule has 0 nitrogen and oxygen atoms in total. The second-order valence-corrected chi connectivity index (χ2v) is 11.2. The Bertz CT molecular complexity index is 995. The number of rotatable bonds is 5. The van der Waals surface area contributed by atoms with E-state index in [0.717, 1.165) is 15.9 Å². The molecule has 30 heavy (non-hydrogen) atoms. The van der Waals surface area contributed by atoms with E-state index in [1.807, 2.05) is 54.6 Å². The quantitative estimate of drug-likeness (QED) is 0.350. The Morgan fingerprint density at radius 3 is 1.27 bits per heavy atom. The standard InChI is InChI=1S/C26H22F3P/c27-26(28,29)25-19-11-10-12-21(25)20-30(22-13-4-1-5-14-22,23-15-6-2-7-16-23)24-17-8-3-9-18-24/h1-19,30H,20H2. The first-order valence-electron chi connectivity index (χ1n) is 9.83. The van der Waals surface area contributed by atoms with Crippen molar-refractivity contribution in [2.24, 2.45) is 0 Å². The van der Waals surface area contributed by atoms with Crippen LogP contribution in [0.3, 0.4) is 0 Å². The molecule has 0 radical (unpaired) electrons. The minimum atomic E-state index is -4.39. The van der Waals surface area contributed by atoms with Gasteiger partial charge in [0.1, 0.15) is 0 Å². The van der Waals surface area contributed by atoms with Gasteiger partial charge in [0.2, 0.25) is 0 Å². The van der Waals surface area contributed by atoms with Gasteiger partial charge in [0.15, 0.2) is 0 Å². The zero-order chi connectivity index (χ0) is 21.0. The first-order valence-corrected chi connectivity index (χ1v) is 12.0. The molecule has 0 fully saturated rings. The van der Waals surface area contributed by atoms with Gasteiger partial charge in [0.25, 0.3) is 0 Å². The molecule has 0 heterocycles. The van der Waals surface area contributed by atoms with Crippen molar-refractivity contribution in [3.8, 4) is 0 Å². The molecule has 0 saturated carbocycles. The van der Waals surface area contributed by atoms with Gasteiger partial charge in [-0.3, -0.25) is 0 Å². The summed E-state index contributed by atoms with van der Waals surface area (Å²) in [6.07, 6.45) is -4.05. The van der Waals surface area contributed by atoms with E-state index in [0.29, 0.717) is 11.7 Å². The number of hydrogen-bond donors (Lipinski definition) is 0. The zero-order valence-electron chi connectivity index (χ0n) is 16.3. The first kappa shape index (κ1) is 20.4. The zero-order valence-corrected chi connectivity index (χ0v) is 17.3. The molecule has 0 spiro atoms. The van der Waals surface area contributed by atoms with Crippen LogP contribution in [0.25, 0.3) is 0 Å². The Morgan fingerprint density at radius 2 is 0.867 bits per heavy atom. The van der Waals surface area contributed by atoms with Gasteiger partial charge in [-0.15, -0.1) is 0 Å². The molecule has 4 rings (SSSR count). The van der Waals surface area contributed by atoms with E-state index in [9.17, 15) is 13.2 Å². The van der Waals surface area contributed by atoms with Gasteiger partial charge in [0, 0.05) is 0 Å². The first-order chi connectivity index (χ1) is 14.5. The van der Waals surface area contributed by atoms with Crippen LogP contribution in [0.4, 0.5) is 13.2 Å². The van der Waals surface area contributed by atoms with Gasteiger partial charge in [-0.05, 0) is 0 Å². The summed E-state index contributed by atoms with van der Waals surface area (Å²) in [5, 5.41) is 3.29. The van der Waals surface area contributed by atoms with E-state index in [2.05, 4.69) is 36.4 Å². The molecule has 0 aliphatic carbocycles. The van der Waals surface area contributed by atoms with Crippen molar-refractivity contribution < 1.29 is 13.2 Å². The van der Waals surface area contributed by atoms with E-state index < -0.39 is 19.0 Å². The Morgan fingerprint density at radius 1 is 0.500 bits per heavy atom. The van der Waals surface area contributed by atoms with E-state index in [4.69, 9.17) is 0 Å². The fraction of sp³-hybridized carbons (Fsp3) is 0.0769. The maximum absolute atomic E-state index is 13.8. The molecule has 0 bridgehead atoms. The molecule has 0 aliphatic rings. The molecule has 4 aromatic carbocycles. The van der Waals surface area contributed by atoms with Crippen molar-refractivity contribution in [2.45, 2.75) is 12.3 Å². The van der Waals surface area contributed by atoms with Gasteiger partial charge < -0.3 is 0 Å². The van der Waals surface area contributed by atoms with Crippen molar-refractivity contribution in [3.05, 3.63) is 126 Å². The predicted molar refractivity (Wildman–Crippen MR) is 122 cm³/mol. The molecule has 4 heteroatoms. The van der Waals surface area contributed by atoms with Crippen molar-refractivity contribution in [1.82, 2.24) is 0 Å². The monoisotopic (exact) mass is 422 g/mol. The number of hydrogen-bond acceptors (Lipinski definition) is 0. The molecule has 0 aromatic heterocycles. The molecular weight excluding hydrogens is 400 g/mol. The van der Waals surface area contributed by atoms with Crippen molar-refractivity contribution >= 4 is 23.2 Å². The molecule has 152 valence electrons. The summed E-state index contributed by atoms with van der Waals surface area (Å²) in [5.41, 5.74) is -0.210. The van der Waals surface area contributed by atoms with Gasteiger partial charge in [-0.1, -0.05) is 0 Å². The van der Waals surface area contributed by atoms with E-state index in [1.54, 1.807) is 12.1 Å². The average Bonchev–Trinajstić information content (AvgIpc) is 2.79. The summed E-state index contributed by atoms with van der Waals surface area (Å²) in [6, 6.07) is 36.0. The van der Waals surface area contributed by atoms with Crippen LogP contribution in [0.15, 0.2) is 115 Å². The van der Waals surface area contributed by atoms with Gasteiger partial charge in [-0.2, -0.15) is 0 Å². The number of halogens is 3. The van der Waals surface area contributed by atoms with E-state index in [1.165, 1.54) is 12.1 Å². The summed E-state index contributed by atoms with van der Waals surface area (Å²) in [4.78, 5) is 0. The number of alkyl halides is 3. The van der Waals surface area contributed by atoms with E-state index in [-0.39, 0.29) is 0 Å². The van der Waals surface area contributed by atoms with Crippen LogP contribution in [-0.4, -0.2) is 0 Å². The third-order valence-electron chi connectivity index (χ3n) is 5.58. The molecule has 0 saturated heterocycles. The second kappa shape index (κ2) is 8.45. The SMILES string of the molecule is FC(F)(F)c1ccccc1C[PH](c1ccccc1)(c1ccccc1)c1ccccc1. The fourth-order valence-electron chi connectivity index (χ4n) is 4.21. The van der Waals surface area contributed by atoms with Crippen LogP contribution in [0.5, 0.6) is 0 Å².